The molecule has 3 rings (SSSR count). The van der Waals surface area contributed by atoms with Crippen LogP contribution >= 0.6 is 0 Å². The van der Waals surface area contributed by atoms with Gasteiger partial charge in [0.2, 0.25) is 0 Å². The van der Waals surface area contributed by atoms with Crippen LogP contribution in [0.25, 0.3) is 0 Å². The van der Waals surface area contributed by atoms with Crippen LogP contribution in [0.5, 0.6) is 5.75 Å². The monoisotopic (exact) mass is 445 g/mol. The third-order valence-electron chi connectivity index (χ3n) is 5.67. The number of aromatic carboxylic acids is 1. The van der Waals surface area contributed by atoms with E-state index < -0.39 is 48.6 Å². The Morgan fingerprint density at radius 3 is 2.62 bits per heavy atom. The molecule has 1 fully saturated rings. The van der Waals surface area contributed by atoms with Crippen molar-refractivity contribution in [3.8, 4) is 5.75 Å². The number of fused-ring (bicyclic) bond motifs is 1. The molecule has 0 unspecified atom stereocenters. The van der Waals surface area contributed by atoms with Gasteiger partial charge in [0.1, 0.15) is 5.75 Å². The molecule has 32 heavy (non-hydrogen) atoms. The molecule has 0 spiro atoms. The summed E-state index contributed by atoms with van der Waals surface area (Å²) in [6.07, 6.45) is 0.0752. The first kappa shape index (κ1) is 23.3. The molecule has 2 aliphatic rings. The number of carbonyl (C=O) groups is 5. The lowest BCUT2D eigenvalue weighted by Crippen LogP contribution is -2.59. The summed E-state index contributed by atoms with van der Waals surface area (Å²) >= 11 is 0. The minimum absolute atomic E-state index is 0.0308. The highest BCUT2D eigenvalue weighted by atomic mass is 16.5. The van der Waals surface area contributed by atoms with E-state index in [0.29, 0.717) is 12.1 Å². The summed E-state index contributed by atoms with van der Waals surface area (Å²) in [5, 5.41) is 22.0. The summed E-state index contributed by atoms with van der Waals surface area (Å²) in [7, 11) is -1.39. The summed E-state index contributed by atoms with van der Waals surface area (Å²) in [6.45, 7) is 3.79. The maximum Gasteiger partial charge on any atom is 0.526 e. The number of amides is 4. The van der Waals surface area contributed by atoms with Gasteiger partial charge >= 0.3 is 30.9 Å². The first-order chi connectivity index (χ1) is 15.1. The minimum atomic E-state index is -1.39. The van der Waals surface area contributed by atoms with Crippen LogP contribution in [0.3, 0.4) is 0 Å². The lowest BCUT2D eigenvalue weighted by molar-refractivity contribution is -0.153. The zero-order valence-corrected chi connectivity index (χ0v) is 17.7. The number of nitrogens with one attached hydrogen (secondary N) is 1. The fourth-order valence-electron chi connectivity index (χ4n) is 3.78. The van der Waals surface area contributed by atoms with Crippen molar-refractivity contribution >= 4 is 36.7 Å². The fraction of sp³-hybridized carbons (Fsp3) is 0.450. The van der Waals surface area contributed by atoms with Crippen molar-refractivity contribution in [2.24, 2.45) is 0 Å². The molecule has 1 aromatic rings. The Morgan fingerprint density at radius 1 is 1.25 bits per heavy atom. The highest BCUT2D eigenvalue weighted by Crippen LogP contribution is 2.36. The second-order valence-corrected chi connectivity index (χ2v) is 7.75. The van der Waals surface area contributed by atoms with E-state index in [9.17, 15) is 34.1 Å². The Morgan fingerprint density at radius 2 is 1.97 bits per heavy atom. The summed E-state index contributed by atoms with van der Waals surface area (Å²) < 4.78 is 5.38. The number of benzene rings is 1. The van der Waals surface area contributed by atoms with Gasteiger partial charge in [-0.1, -0.05) is 12.1 Å². The number of piperazine rings is 1. The summed E-state index contributed by atoms with van der Waals surface area (Å²) in [5.74, 6) is -3.88. The van der Waals surface area contributed by atoms with Crippen molar-refractivity contribution in [2.45, 2.75) is 38.5 Å². The molecule has 0 aromatic heterocycles. The molecule has 2 atom stereocenters. The fourth-order valence-corrected chi connectivity index (χ4v) is 3.78. The Balaban J connectivity index is 1.61. The number of urea groups is 1. The van der Waals surface area contributed by atoms with Crippen LogP contribution in [0.2, 0.25) is 5.82 Å². The van der Waals surface area contributed by atoms with Crippen LogP contribution in [-0.2, 0) is 20.8 Å². The molecule has 0 bridgehead atoms. The van der Waals surface area contributed by atoms with Crippen molar-refractivity contribution in [1.82, 2.24) is 15.1 Å². The molecule has 0 radical (unpaired) electrons. The third kappa shape index (κ3) is 4.59. The van der Waals surface area contributed by atoms with E-state index in [1.807, 2.05) is 0 Å². The van der Waals surface area contributed by atoms with E-state index in [1.165, 1.54) is 17.9 Å². The molecule has 2 heterocycles. The lowest BCUT2D eigenvalue weighted by atomic mass is 9.64. The zero-order valence-electron chi connectivity index (χ0n) is 17.7. The summed E-state index contributed by atoms with van der Waals surface area (Å²) in [6, 6.07) is 2.77. The zero-order chi connectivity index (χ0) is 23.6. The average Bonchev–Trinajstić information content (AvgIpc) is 2.75. The highest BCUT2D eigenvalue weighted by Gasteiger charge is 2.39. The van der Waals surface area contributed by atoms with Crippen LogP contribution in [0, 0.1) is 0 Å². The minimum Gasteiger partial charge on any atom is -0.535 e. The SMILES string of the molecule is CCN1CCN(C(=O)N[C@H](C)C(=O)C[C@H]2Cc3cccc(C(=O)O)c3OB2O)C(=O)C1=O. The van der Waals surface area contributed by atoms with Crippen molar-refractivity contribution in [2.75, 3.05) is 19.6 Å². The topological polar surface area (TPSA) is 154 Å². The van der Waals surface area contributed by atoms with Gasteiger partial charge in [-0.05, 0) is 31.9 Å². The number of ketones is 1. The number of rotatable bonds is 6. The van der Waals surface area contributed by atoms with Gasteiger partial charge in [-0.3, -0.25) is 19.3 Å². The second kappa shape index (κ2) is 9.39. The molecular formula is C20H24BN3O8. The first-order valence-electron chi connectivity index (χ1n) is 10.3. The summed E-state index contributed by atoms with van der Waals surface area (Å²) in [5.41, 5.74) is 0.483. The average molecular weight is 445 g/mol. The molecule has 0 saturated carbocycles. The maximum absolute atomic E-state index is 12.7. The number of carbonyl (C=O) groups excluding carboxylic acids is 4. The van der Waals surface area contributed by atoms with E-state index >= 15 is 0 Å². The number of carboxylic acids is 1. The first-order valence-corrected chi connectivity index (χ1v) is 10.3. The molecule has 4 amide bonds. The van der Waals surface area contributed by atoms with Crippen molar-refractivity contribution < 1.29 is 38.8 Å². The van der Waals surface area contributed by atoms with Crippen LogP contribution in [0.4, 0.5) is 4.79 Å². The summed E-state index contributed by atoms with van der Waals surface area (Å²) in [4.78, 5) is 62.6. The normalized spacial score (nSPS) is 19.2. The number of hydrogen-bond acceptors (Lipinski definition) is 7. The second-order valence-electron chi connectivity index (χ2n) is 7.75. The molecule has 170 valence electrons. The molecule has 0 aliphatic carbocycles. The Hall–Kier alpha value is -3.41. The molecule has 12 heteroatoms. The predicted molar refractivity (Wildman–Crippen MR) is 111 cm³/mol. The number of carboxylic acid groups (broad SMARTS) is 1. The Labute approximate surface area is 184 Å². The molecule has 2 aliphatic heterocycles. The van der Waals surface area contributed by atoms with Crippen molar-refractivity contribution in [3.63, 3.8) is 0 Å². The largest absolute Gasteiger partial charge is 0.535 e. The van der Waals surface area contributed by atoms with Crippen LogP contribution in [0.15, 0.2) is 18.2 Å². The highest BCUT2D eigenvalue weighted by molar-refractivity contribution is 6.47. The standard InChI is InChI=1S/C20H24BN3O8/c1-3-23-7-8-24(18(27)17(23)26)20(30)22-11(2)15(25)10-13-9-12-5-4-6-14(19(28)29)16(12)32-21(13)31/h4-6,11,13,31H,3,7-10H2,1-2H3,(H,22,30)(H,28,29)/t11-,13-/m1/s1. The van der Waals surface area contributed by atoms with E-state index in [2.05, 4.69) is 5.32 Å². The van der Waals surface area contributed by atoms with Crippen LogP contribution in [-0.4, -0.2) is 82.3 Å². The number of imide groups is 1. The van der Waals surface area contributed by atoms with Gasteiger partial charge in [-0.2, -0.15) is 0 Å². The van der Waals surface area contributed by atoms with Gasteiger partial charge < -0.3 is 25.0 Å². The van der Waals surface area contributed by atoms with Gasteiger partial charge in [-0.25, -0.2) is 9.59 Å². The molecule has 1 saturated heterocycles. The quantitative estimate of drug-likeness (QED) is 0.406. The maximum atomic E-state index is 12.7. The van der Waals surface area contributed by atoms with E-state index in [4.69, 9.17) is 4.65 Å². The number of Topliss-reactive ketones (excluding diaryl/α,β-unsaturated/α-hetero) is 1. The molecule has 11 nitrogen and oxygen atoms in total. The van der Waals surface area contributed by atoms with Gasteiger partial charge in [0.25, 0.3) is 0 Å². The van der Waals surface area contributed by atoms with Crippen LogP contribution in [0.1, 0.15) is 36.2 Å². The van der Waals surface area contributed by atoms with Crippen LogP contribution < -0.4 is 9.97 Å². The lowest BCUT2D eigenvalue weighted by Gasteiger charge is -2.32. The number of nitrogens with zero attached hydrogens (tertiary/aromatic N) is 2. The van der Waals surface area contributed by atoms with Gasteiger partial charge in [0.15, 0.2) is 5.78 Å². The molecular weight excluding hydrogens is 421 g/mol. The van der Waals surface area contributed by atoms with Crippen molar-refractivity contribution in [3.05, 3.63) is 29.3 Å². The molecule has 3 N–H and O–H groups in total. The Bertz CT molecular complexity index is 968. The Kier molecular flexibility index (Phi) is 6.82. The van der Waals surface area contributed by atoms with E-state index in [0.717, 1.165) is 4.90 Å². The number of likely N-dealkylation sites (N-methyl/N-ethyl adjacent to an activating group) is 1. The predicted octanol–water partition coefficient (Wildman–Crippen LogP) is -0.0816. The number of para-hydroxylation sites is 1. The van der Waals surface area contributed by atoms with E-state index in [-0.39, 0.29) is 37.2 Å². The third-order valence-corrected chi connectivity index (χ3v) is 5.67. The number of hydrogen-bond donors (Lipinski definition) is 3. The smallest absolute Gasteiger partial charge is 0.526 e. The molecule has 1 aromatic carbocycles. The van der Waals surface area contributed by atoms with Gasteiger partial charge in [0.05, 0.1) is 11.6 Å². The van der Waals surface area contributed by atoms with E-state index in [1.54, 1.807) is 19.1 Å². The van der Waals surface area contributed by atoms with Crippen molar-refractivity contribution in [1.29, 1.82) is 0 Å². The van der Waals surface area contributed by atoms with Gasteiger partial charge in [0, 0.05) is 31.9 Å². The van der Waals surface area contributed by atoms with Gasteiger partial charge in [-0.15, -0.1) is 0 Å².